The van der Waals surface area contributed by atoms with Crippen molar-refractivity contribution in [2.24, 2.45) is 5.41 Å². The number of hydrogen-bond donors (Lipinski definition) is 1. The zero-order chi connectivity index (χ0) is 32.7. The summed E-state index contributed by atoms with van der Waals surface area (Å²) in [5.74, 6) is 2.56. The van der Waals surface area contributed by atoms with Crippen LogP contribution >= 0.6 is 39.3 Å². The van der Waals surface area contributed by atoms with Crippen LogP contribution in [0, 0.1) is 26.2 Å². The molecule has 2 aliphatic rings. The van der Waals surface area contributed by atoms with E-state index in [0.717, 1.165) is 33.3 Å². The van der Waals surface area contributed by atoms with E-state index >= 15 is 0 Å². The van der Waals surface area contributed by atoms with Crippen molar-refractivity contribution in [3.63, 3.8) is 0 Å². The van der Waals surface area contributed by atoms with Crippen LogP contribution in [0.5, 0.6) is 11.5 Å². The molecule has 1 aliphatic carbocycles. The Labute approximate surface area is 288 Å². The highest BCUT2D eigenvalue weighted by Crippen LogP contribution is 2.48. The Balaban J connectivity index is 1.39. The van der Waals surface area contributed by atoms with Crippen LogP contribution in [0.1, 0.15) is 73.0 Å². The van der Waals surface area contributed by atoms with Crippen molar-refractivity contribution in [2.45, 2.75) is 77.9 Å². The molecule has 1 unspecified atom stereocenters. The van der Waals surface area contributed by atoms with Gasteiger partial charge in [0.2, 0.25) is 11.1 Å². The zero-order valence-electron chi connectivity index (χ0n) is 27.0. The molecule has 10 heteroatoms. The lowest BCUT2D eigenvalue weighted by Crippen LogP contribution is -2.36. The second-order valence-corrected chi connectivity index (χ2v) is 15.0. The molecular formula is C36H38BrClN4O3S. The predicted molar refractivity (Wildman–Crippen MR) is 188 cm³/mol. The van der Waals surface area contributed by atoms with Gasteiger partial charge in [0, 0.05) is 28.5 Å². The number of carbonyl (C=O) groups is 1. The molecule has 1 N–H and O–H groups in total. The van der Waals surface area contributed by atoms with E-state index in [2.05, 4.69) is 68.0 Å². The maximum atomic E-state index is 13.9. The first-order valence-corrected chi connectivity index (χ1v) is 17.6. The number of carbonyl (C=O) groups excluding carboxylic acids is 1. The summed E-state index contributed by atoms with van der Waals surface area (Å²) in [6.45, 7) is 13.4. The fourth-order valence-corrected chi connectivity index (χ4v) is 7.88. The van der Waals surface area contributed by atoms with Crippen LogP contribution in [-0.4, -0.2) is 27.2 Å². The molecule has 240 valence electrons. The van der Waals surface area contributed by atoms with E-state index in [4.69, 9.17) is 31.2 Å². The maximum Gasteiger partial charge on any atom is 0.227 e. The number of rotatable bonds is 9. The highest BCUT2D eigenvalue weighted by molar-refractivity contribution is 9.10. The molecule has 1 aliphatic heterocycles. The van der Waals surface area contributed by atoms with Crippen LogP contribution in [0.15, 0.2) is 69.4 Å². The Bertz CT molecular complexity index is 1870. The van der Waals surface area contributed by atoms with Crippen LogP contribution in [0.4, 0.5) is 5.95 Å². The standard InChI is InChI=1S/C36H38BrClN4O3S/c1-7-44-30-15-24(14-26(37)33(30)45-18-25-13-21(3)20(2)12-22(25)4)32-31-28(16-36(5,6)17-29(31)43)39-34-40-35(41-42(32)34)46-19-23-10-8-9-11-27(23)38/h8-15,32H,7,16-19H2,1-6H3,(H,39,40,41). The predicted octanol–water partition coefficient (Wildman–Crippen LogP) is 9.55. The number of allylic oxidation sites excluding steroid dienone is 2. The molecule has 0 fully saturated rings. The molecule has 0 radical (unpaired) electrons. The van der Waals surface area contributed by atoms with Crippen molar-refractivity contribution >= 4 is 51.0 Å². The number of anilines is 1. The van der Waals surface area contributed by atoms with E-state index < -0.39 is 6.04 Å². The lowest BCUT2D eigenvalue weighted by atomic mass is 9.73. The average Bonchev–Trinajstić information content (AvgIpc) is 3.39. The van der Waals surface area contributed by atoms with Crippen molar-refractivity contribution in [1.29, 1.82) is 0 Å². The summed E-state index contributed by atoms with van der Waals surface area (Å²) in [5, 5.41) is 9.72. The van der Waals surface area contributed by atoms with Gasteiger partial charge < -0.3 is 14.8 Å². The van der Waals surface area contributed by atoms with E-state index in [1.807, 2.05) is 48.0 Å². The molecule has 1 aromatic heterocycles. The van der Waals surface area contributed by atoms with Crippen LogP contribution in [0.3, 0.4) is 0 Å². The lowest BCUT2D eigenvalue weighted by molar-refractivity contribution is -0.118. The molecule has 6 rings (SSSR count). The maximum absolute atomic E-state index is 13.9. The summed E-state index contributed by atoms with van der Waals surface area (Å²) in [5.41, 5.74) is 8.12. The monoisotopic (exact) mass is 720 g/mol. The van der Waals surface area contributed by atoms with Gasteiger partial charge in [-0.25, -0.2) is 4.68 Å². The SMILES string of the molecule is CCOc1cc(C2C3=C(CC(C)(C)CC3=O)Nc3nc(SCc4ccccc4Cl)nn32)cc(Br)c1OCc1cc(C)c(C)cc1C. The van der Waals surface area contributed by atoms with Gasteiger partial charge in [-0.15, -0.1) is 5.10 Å². The molecule has 0 amide bonds. The Morgan fingerprint density at radius 3 is 2.57 bits per heavy atom. The smallest absolute Gasteiger partial charge is 0.227 e. The van der Waals surface area contributed by atoms with Gasteiger partial charge in [-0.2, -0.15) is 4.98 Å². The fourth-order valence-electron chi connectivity index (χ4n) is 6.19. The molecule has 0 saturated carbocycles. The Hall–Kier alpha value is -3.27. The lowest BCUT2D eigenvalue weighted by Gasteiger charge is -2.38. The number of ketones is 1. The molecular weight excluding hydrogens is 684 g/mol. The Kier molecular flexibility index (Phi) is 9.29. The fraction of sp³-hybridized carbons (Fsp3) is 0.361. The van der Waals surface area contributed by atoms with Gasteiger partial charge in [-0.3, -0.25) is 4.79 Å². The zero-order valence-corrected chi connectivity index (χ0v) is 30.1. The summed E-state index contributed by atoms with van der Waals surface area (Å²) in [7, 11) is 0. The van der Waals surface area contributed by atoms with E-state index in [1.54, 1.807) is 0 Å². The van der Waals surface area contributed by atoms with E-state index in [0.29, 0.717) is 58.6 Å². The average molecular weight is 722 g/mol. The molecule has 7 nitrogen and oxygen atoms in total. The number of nitrogens with one attached hydrogen (secondary N) is 1. The first-order chi connectivity index (χ1) is 21.9. The molecule has 4 aromatic rings. The minimum atomic E-state index is -0.483. The number of aryl methyl sites for hydroxylation is 3. The molecule has 0 bridgehead atoms. The largest absolute Gasteiger partial charge is 0.490 e. The van der Waals surface area contributed by atoms with Crippen molar-refractivity contribution in [3.8, 4) is 11.5 Å². The minimum Gasteiger partial charge on any atom is -0.490 e. The molecule has 2 heterocycles. The number of fused-ring (bicyclic) bond motifs is 1. The van der Waals surface area contributed by atoms with Crippen LogP contribution in [0.2, 0.25) is 5.02 Å². The summed E-state index contributed by atoms with van der Waals surface area (Å²) >= 11 is 11.7. The van der Waals surface area contributed by atoms with Gasteiger partial charge in [0.15, 0.2) is 17.3 Å². The van der Waals surface area contributed by atoms with Crippen molar-refractivity contribution < 1.29 is 14.3 Å². The van der Waals surface area contributed by atoms with E-state index in [-0.39, 0.29) is 11.2 Å². The highest BCUT2D eigenvalue weighted by Gasteiger charge is 2.42. The summed E-state index contributed by atoms with van der Waals surface area (Å²) in [6, 6.07) is 15.7. The number of benzene rings is 3. The summed E-state index contributed by atoms with van der Waals surface area (Å²) in [6.07, 6.45) is 1.19. The second kappa shape index (κ2) is 13.1. The van der Waals surface area contributed by atoms with Crippen molar-refractivity contribution in [2.75, 3.05) is 11.9 Å². The van der Waals surface area contributed by atoms with Gasteiger partial charge in [-0.05, 0) is 107 Å². The van der Waals surface area contributed by atoms with Crippen LogP contribution in [-0.2, 0) is 17.2 Å². The number of hydrogen-bond acceptors (Lipinski definition) is 7. The van der Waals surface area contributed by atoms with Gasteiger partial charge >= 0.3 is 0 Å². The third-order valence-electron chi connectivity index (χ3n) is 8.60. The van der Waals surface area contributed by atoms with Gasteiger partial charge in [0.1, 0.15) is 12.6 Å². The molecule has 0 saturated heterocycles. The first kappa shape index (κ1) is 32.7. The Morgan fingerprint density at radius 1 is 1.04 bits per heavy atom. The van der Waals surface area contributed by atoms with Crippen molar-refractivity contribution in [3.05, 3.63) is 103 Å². The quantitative estimate of drug-likeness (QED) is 0.173. The van der Waals surface area contributed by atoms with Crippen LogP contribution < -0.4 is 14.8 Å². The van der Waals surface area contributed by atoms with E-state index in [1.165, 1.54) is 28.5 Å². The third kappa shape index (κ3) is 6.60. The number of Topliss-reactive ketones (excluding diaryl/α,β-unsaturated/α-hetero) is 1. The number of thioether (sulfide) groups is 1. The molecule has 3 aromatic carbocycles. The number of ether oxygens (including phenoxy) is 2. The summed E-state index contributed by atoms with van der Waals surface area (Å²) < 4.78 is 15.2. The van der Waals surface area contributed by atoms with Gasteiger partial charge in [-0.1, -0.05) is 67.5 Å². The van der Waals surface area contributed by atoms with Crippen molar-refractivity contribution in [1.82, 2.24) is 14.8 Å². The topological polar surface area (TPSA) is 78.3 Å². The summed E-state index contributed by atoms with van der Waals surface area (Å²) in [4.78, 5) is 18.7. The van der Waals surface area contributed by atoms with Gasteiger partial charge in [0.05, 0.1) is 11.1 Å². The van der Waals surface area contributed by atoms with Crippen LogP contribution in [0.25, 0.3) is 0 Å². The molecule has 1 atom stereocenters. The van der Waals surface area contributed by atoms with Gasteiger partial charge in [0.25, 0.3) is 0 Å². The second-order valence-electron chi connectivity index (χ2n) is 12.8. The minimum absolute atomic E-state index is 0.106. The number of nitrogens with zero attached hydrogens (tertiary/aromatic N) is 3. The molecule has 46 heavy (non-hydrogen) atoms. The Morgan fingerprint density at radius 2 is 1.80 bits per heavy atom. The number of aromatic nitrogens is 3. The third-order valence-corrected chi connectivity index (χ3v) is 10.4. The highest BCUT2D eigenvalue weighted by atomic mass is 79.9. The number of halogens is 2. The normalized spacial score (nSPS) is 17.0. The van der Waals surface area contributed by atoms with E-state index in [9.17, 15) is 4.79 Å². The first-order valence-electron chi connectivity index (χ1n) is 15.5. The molecule has 0 spiro atoms.